The van der Waals surface area contributed by atoms with Gasteiger partial charge in [-0.2, -0.15) is 0 Å². The summed E-state index contributed by atoms with van der Waals surface area (Å²) in [6, 6.07) is 9.32. The molecule has 0 radical (unpaired) electrons. The number of thioether (sulfide) groups is 1. The number of rotatable bonds is 4. The van der Waals surface area contributed by atoms with Crippen LogP contribution in [-0.2, 0) is 0 Å². The molecule has 1 aliphatic rings. The Kier molecular flexibility index (Phi) is 4.08. The maximum atomic E-state index is 3.42. The quantitative estimate of drug-likeness (QED) is 0.627. The van der Waals surface area contributed by atoms with Crippen molar-refractivity contribution in [1.29, 1.82) is 0 Å². The van der Waals surface area contributed by atoms with Crippen LogP contribution in [0, 0.1) is 0 Å². The first-order chi connectivity index (χ1) is 7.85. The molecule has 1 aromatic carbocycles. The van der Waals surface area contributed by atoms with Crippen molar-refractivity contribution in [3.05, 3.63) is 41.5 Å². The van der Waals surface area contributed by atoms with Crippen LogP contribution >= 0.6 is 11.8 Å². The number of nitrogens with one attached hydrogen (secondary N) is 1. The van der Waals surface area contributed by atoms with Crippen LogP contribution in [0.4, 0.5) is 0 Å². The topological polar surface area (TPSA) is 12.0 Å². The van der Waals surface area contributed by atoms with Crippen molar-refractivity contribution in [3.63, 3.8) is 0 Å². The van der Waals surface area contributed by atoms with E-state index < -0.39 is 0 Å². The fraction of sp³-hybridized carbons (Fsp3) is 0.429. The summed E-state index contributed by atoms with van der Waals surface area (Å²) in [5.41, 5.74) is 2.94. The molecular formula is C14H19NS. The predicted molar refractivity (Wildman–Crippen MR) is 72.0 cm³/mol. The van der Waals surface area contributed by atoms with E-state index >= 15 is 0 Å². The lowest BCUT2D eigenvalue weighted by Gasteiger charge is -2.18. The van der Waals surface area contributed by atoms with Gasteiger partial charge in [0.1, 0.15) is 0 Å². The van der Waals surface area contributed by atoms with E-state index in [4.69, 9.17) is 0 Å². The highest BCUT2D eigenvalue weighted by Crippen LogP contribution is 2.31. The van der Waals surface area contributed by atoms with Crippen molar-refractivity contribution in [2.45, 2.75) is 30.2 Å². The number of hydrogen-bond donors (Lipinski definition) is 1. The molecule has 1 aromatic rings. The summed E-state index contributed by atoms with van der Waals surface area (Å²) in [5, 5.41) is 3.42. The van der Waals surface area contributed by atoms with Gasteiger partial charge in [0.2, 0.25) is 0 Å². The van der Waals surface area contributed by atoms with Crippen molar-refractivity contribution < 1.29 is 0 Å². The fourth-order valence-electron chi connectivity index (χ4n) is 2.32. The van der Waals surface area contributed by atoms with Gasteiger partial charge < -0.3 is 5.32 Å². The number of allylic oxidation sites excluding steroid dienone is 1. The highest BCUT2D eigenvalue weighted by atomic mass is 32.2. The normalized spacial score (nSPS) is 17.2. The summed E-state index contributed by atoms with van der Waals surface area (Å²) in [5.74, 6) is 0. The second kappa shape index (κ2) is 5.55. The minimum absolute atomic E-state index is 0.415. The maximum absolute atomic E-state index is 3.42. The zero-order valence-electron chi connectivity index (χ0n) is 9.99. The minimum Gasteiger partial charge on any atom is -0.310 e. The Hall–Kier alpha value is -0.730. The second-order valence-electron chi connectivity index (χ2n) is 4.17. The van der Waals surface area contributed by atoms with Crippen LogP contribution in [0.1, 0.15) is 30.9 Å². The molecule has 0 bridgehead atoms. The third-order valence-corrected chi connectivity index (χ3v) is 3.93. The standard InChI is InChI=1S/C14H19NS/c1-15-14(11-5-3-4-6-11)12-7-9-13(16-2)10-8-12/h5,7-10,14-15H,3-4,6H2,1-2H3. The highest BCUT2D eigenvalue weighted by Gasteiger charge is 2.16. The molecule has 2 heteroatoms. The summed E-state index contributed by atoms with van der Waals surface area (Å²) in [6.07, 6.45) is 8.32. The number of benzene rings is 1. The number of hydrogen-bond acceptors (Lipinski definition) is 2. The fourth-order valence-corrected chi connectivity index (χ4v) is 2.73. The summed E-state index contributed by atoms with van der Waals surface area (Å²) in [4.78, 5) is 1.33. The monoisotopic (exact) mass is 233 g/mol. The zero-order valence-corrected chi connectivity index (χ0v) is 10.8. The van der Waals surface area contributed by atoms with E-state index in [2.05, 4.69) is 41.9 Å². The Morgan fingerprint density at radius 2 is 2.00 bits per heavy atom. The summed E-state index contributed by atoms with van der Waals surface area (Å²) >= 11 is 1.79. The van der Waals surface area contributed by atoms with E-state index in [-0.39, 0.29) is 0 Å². The SMILES string of the molecule is CNC(C1=CCCC1)c1ccc(SC)cc1. The summed E-state index contributed by atoms with van der Waals surface area (Å²) < 4.78 is 0. The molecular weight excluding hydrogens is 214 g/mol. The Balaban J connectivity index is 2.19. The highest BCUT2D eigenvalue weighted by molar-refractivity contribution is 7.98. The van der Waals surface area contributed by atoms with Gasteiger partial charge in [-0.3, -0.25) is 0 Å². The van der Waals surface area contributed by atoms with E-state index in [1.54, 1.807) is 17.3 Å². The Morgan fingerprint density at radius 1 is 1.25 bits per heavy atom. The van der Waals surface area contributed by atoms with Gasteiger partial charge in [0.05, 0.1) is 6.04 Å². The van der Waals surface area contributed by atoms with Gasteiger partial charge in [0.25, 0.3) is 0 Å². The zero-order chi connectivity index (χ0) is 11.4. The smallest absolute Gasteiger partial charge is 0.0533 e. The van der Waals surface area contributed by atoms with E-state index in [0.29, 0.717) is 6.04 Å². The molecule has 1 aliphatic carbocycles. The first kappa shape index (κ1) is 11.7. The van der Waals surface area contributed by atoms with Gasteiger partial charge in [-0.1, -0.05) is 23.8 Å². The van der Waals surface area contributed by atoms with E-state index in [9.17, 15) is 0 Å². The van der Waals surface area contributed by atoms with E-state index in [1.807, 2.05) is 7.05 Å². The lowest BCUT2D eigenvalue weighted by Crippen LogP contribution is -2.17. The molecule has 0 saturated carbocycles. The molecule has 0 amide bonds. The molecule has 16 heavy (non-hydrogen) atoms. The Morgan fingerprint density at radius 3 is 2.50 bits per heavy atom. The van der Waals surface area contributed by atoms with Gasteiger partial charge in [-0.25, -0.2) is 0 Å². The third-order valence-electron chi connectivity index (χ3n) is 3.18. The van der Waals surface area contributed by atoms with Crippen LogP contribution in [0.3, 0.4) is 0 Å². The van der Waals surface area contributed by atoms with Crippen molar-refractivity contribution >= 4 is 11.8 Å². The van der Waals surface area contributed by atoms with Crippen LogP contribution < -0.4 is 5.32 Å². The van der Waals surface area contributed by atoms with Crippen LogP contribution in [0.25, 0.3) is 0 Å². The third kappa shape index (κ3) is 2.50. The molecule has 0 fully saturated rings. The average molecular weight is 233 g/mol. The minimum atomic E-state index is 0.415. The summed E-state index contributed by atoms with van der Waals surface area (Å²) in [6.45, 7) is 0. The molecule has 0 heterocycles. The molecule has 1 unspecified atom stereocenters. The molecule has 0 spiro atoms. The van der Waals surface area contributed by atoms with E-state index in [1.165, 1.54) is 29.7 Å². The predicted octanol–water partition coefficient (Wildman–Crippen LogP) is 3.78. The van der Waals surface area contributed by atoms with Crippen LogP contribution in [0.15, 0.2) is 40.8 Å². The van der Waals surface area contributed by atoms with Crippen LogP contribution in [0.5, 0.6) is 0 Å². The number of likely N-dealkylation sites (N-methyl/N-ethyl adjacent to an activating group) is 1. The maximum Gasteiger partial charge on any atom is 0.0533 e. The molecule has 0 aliphatic heterocycles. The van der Waals surface area contributed by atoms with Gasteiger partial charge in [0.15, 0.2) is 0 Å². The molecule has 0 aromatic heterocycles. The molecule has 1 N–H and O–H groups in total. The lowest BCUT2D eigenvalue weighted by molar-refractivity contribution is 0.655. The molecule has 1 nitrogen and oxygen atoms in total. The van der Waals surface area contributed by atoms with Crippen molar-refractivity contribution in [2.24, 2.45) is 0 Å². The van der Waals surface area contributed by atoms with Crippen LogP contribution in [0.2, 0.25) is 0 Å². The average Bonchev–Trinajstić information content (AvgIpc) is 2.85. The Labute approximate surface area is 102 Å². The van der Waals surface area contributed by atoms with Crippen molar-refractivity contribution in [3.8, 4) is 0 Å². The van der Waals surface area contributed by atoms with Gasteiger partial charge in [-0.05, 0) is 50.3 Å². The van der Waals surface area contributed by atoms with Gasteiger partial charge >= 0.3 is 0 Å². The molecule has 86 valence electrons. The Bertz CT molecular complexity index is 367. The largest absolute Gasteiger partial charge is 0.310 e. The lowest BCUT2D eigenvalue weighted by atomic mass is 9.98. The first-order valence-electron chi connectivity index (χ1n) is 5.85. The van der Waals surface area contributed by atoms with E-state index in [0.717, 1.165) is 0 Å². The molecule has 1 atom stereocenters. The van der Waals surface area contributed by atoms with Gasteiger partial charge in [-0.15, -0.1) is 11.8 Å². The molecule has 0 saturated heterocycles. The van der Waals surface area contributed by atoms with Crippen molar-refractivity contribution in [2.75, 3.05) is 13.3 Å². The molecule has 2 rings (SSSR count). The van der Waals surface area contributed by atoms with Gasteiger partial charge in [0, 0.05) is 4.90 Å². The summed E-state index contributed by atoms with van der Waals surface area (Å²) in [7, 11) is 2.05. The van der Waals surface area contributed by atoms with Crippen LogP contribution in [-0.4, -0.2) is 13.3 Å². The second-order valence-corrected chi connectivity index (χ2v) is 5.05. The van der Waals surface area contributed by atoms with Crippen molar-refractivity contribution in [1.82, 2.24) is 5.32 Å². The first-order valence-corrected chi connectivity index (χ1v) is 7.07.